The van der Waals surface area contributed by atoms with E-state index in [9.17, 15) is 4.39 Å². The van der Waals surface area contributed by atoms with Crippen LogP contribution in [0.2, 0.25) is 5.02 Å². The number of benzene rings is 2. The summed E-state index contributed by atoms with van der Waals surface area (Å²) in [6.07, 6.45) is 0. The molecule has 0 aliphatic heterocycles. The highest BCUT2D eigenvalue weighted by atomic mass is 35.5. The third-order valence-corrected chi connectivity index (χ3v) is 3.00. The Morgan fingerprint density at radius 2 is 1.89 bits per heavy atom. The van der Waals surface area contributed by atoms with Gasteiger partial charge in [-0.3, -0.25) is 0 Å². The van der Waals surface area contributed by atoms with Crippen LogP contribution in [0, 0.1) is 5.82 Å². The summed E-state index contributed by atoms with van der Waals surface area (Å²) in [4.78, 5) is 0. The molecule has 4 heteroatoms. The van der Waals surface area contributed by atoms with Crippen LogP contribution in [-0.2, 0) is 0 Å². The predicted molar refractivity (Wildman–Crippen MR) is 71.0 cm³/mol. The van der Waals surface area contributed by atoms with Crippen LogP contribution in [0.25, 0.3) is 22.3 Å². The van der Waals surface area contributed by atoms with Gasteiger partial charge in [-0.15, -0.1) is 0 Å². The number of rotatable bonds is 1. The Morgan fingerprint density at radius 1 is 1.06 bits per heavy atom. The molecule has 1 heterocycles. The Hall–Kier alpha value is -2.00. The molecule has 0 aliphatic carbocycles. The van der Waals surface area contributed by atoms with Crippen LogP contribution in [0.1, 0.15) is 0 Å². The molecular weight excluding hydrogens is 253 g/mol. The molecule has 1 aromatic heterocycles. The van der Waals surface area contributed by atoms with E-state index in [1.807, 2.05) is 6.07 Å². The van der Waals surface area contributed by atoms with Gasteiger partial charge in [0.15, 0.2) is 0 Å². The summed E-state index contributed by atoms with van der Waals surface area (Å²) in [7, 11) is 0. The molecule has 0 spiro atoms. The highest BCUT2D eigenvalue weighted by Gasteiger charge is 2.08. The zero-order valence-corrected chi connectivity index (χ0v) is 10.0. The van der Waals surface area contributed by atoms with E-state index in [1.165, 1.54) is 12.1 Å². The first-order valence-electron chi connectivity index (χ1n) is 5.38. The minimum absolute atomic E-state index is 0.123. The molecule has 3 rings (SSSR count). The Balaban J connectivity index is 2.16. The Kier molecular flexibility index (Phi) is 2.49. The summed E-state index contributed by atoms with van der Waals surface area (Å²) in [5.74, 6) is 0.136. The first kappa shape index (κ1) is 11.1. The van der Waals surface area contributed by atoms with E-state index in [0.717, 1.165) is 5.39 Å². The largest absolute Gasteiger partial charge is 0.456 e. The maximum atomic E-state index is 13.4. The minimum atomic E-state index is -0.453. The monoisotopic (exact) mass is 261 g/mol. The fraction of sp³-hybridized carbons (Fsp3) is 0. The topological polar surface area (TPSA) is 39.2 Å². The molecule has 2 nitrogen and oxygen atoms in total. The second-order valence-corrected chi connectivity index (χ2v) is 4.47. The van der Waals surface area contributed by atoms with Crippen molar-refractivity contribution in [2.75, 3.05) is 5.73 Å². The van der Waals surface area contributed by atoms with Crippen molar-refractivity contribution in [3.8, 4) is 11.3 Å². The predicted octanol–water partition coefficient (Wildman–Crippen LogP) is 4.47. The molecule has 0 bridgehead atoms. The summed E-state index contributed by atoms with van der Waals surface area (Å²) in [6, 6.07) is 11.8. The zero-order valence-electron chi connectivity index (χ0n) is 9.28. The molecule has 0 saturated carbocycles. The highest BCUT2D eigenvalue weighted by molar-refractivity contribution is 6.31. The van der Waals surface area contributed by atoms with Crippen LogP contribution >= 0.6 is 11.6 Å². The van der Waals surface area contributed by atoms with Crippen LogP contribution in [0.3, 0.4) is 0 Å². The second kappa shape index (κ2) is 4.03. The SMILES string of the molecule is Nc1ccc(-c2cc3cc(Cl)ccc3o2)cc1F. The molecule has 0 aliphatic rings. The molecule has 2 aromatic carbocycles. The lowest BCUT2D eigenvalue weighted by atomic mass is 10.1. The van der Waals surface area contributed by atoms with Gasteiger partial charge in [0.2, 0.25) is 0 Å². The molecule has 0 atom stereocenters. The maximum Gasteiger partial charge on any atom is 0.146 e. The van der Waals surface area contributed by atoms with E-state index < -0.39 is 5.82 Å². The zero-order chi connectivity index (χ0) is 12.7. The lowest BCUT2D eigenvalue weighted by molar-refractivity contribution is 0.621. The fourth-order valence-electron chi connectivity index (χ4n) is 1.84. The van der Waals surface area contributed by atoms with Crippen LogP contribution in [0.15, 0.2) is 46.9 Å². The first-order valence-corrected chi connectivity index (χ1v) is 5.76. The van der Waals surface area contributed by atoms with Crippen LogP contribution < -0.4 is 5.73 Å². The van der Waals surface area contributed by atoms with E-state index in [1.54, 1.807) is 24.3 Å². The number of nitrogen functional groups attached to an aromatic ring is 1. The molecule has 3 aromatic rings. The third kappa shape index (κ3) is 1.83. The lowest BCUT2D eigenvalue weighted by Gasteiger charge is -1.99. The number of fused-ring (bicyclic) bond motifs is 1. The van der Waals surface area contributed by atoms with Crippen molar-refractivity contribution < 1.29 is 8.81 Å². The van der Waals surface area contributed by atoms with Gasteiger partial charge in [0.25, 0.3) is 0 Å². The number of hydrogen-bond acceptors (Lipinski definition) is 2. The lowest BCUT2D eigenvalue weighted by Crippen LogP contribution is -1.89. The van der Waals surface area contributed by atoms with Gasteiger partial charge >= 0.3 is 0 Å². The van der Waals surface area contributed by atoms with Crippen molar-refractivity contribution >= 4 is 28.3 Å². The van der Waals surface area contributed by atoms with Gasteiger partial charge in [0.1, 0.15) is 17.2 Å². The van der Waals surface area contributed by atoms with Crippen molar-refractivity contribution in [3.63, 3.8) is 0 Å². The molecule has 18 heavy (non-hydrogen) atoms. The molecule has 0 unspecified atom stereocenters. The smallest absolute Gasteiger partial charge is 0.146 e. The maximum absolute atomic E-state index is 13.4. The van der Waals surface area contributed by atoms with Gasteiger partial charge in [-0.2, -0.15) is 0 Å². The van der Waals surface area contributed by atoms with Crippen molar-refractivity contribution in [1.29, 1.82) is 0 Å². The molecule has 0 fully saturated rings. The van der Waals surface area contributed by atoms with Gasteiger partial charge in [-0.1, -0.05) is 11.6 Å². The van der Waals surface area contributed by atoms with E-state index in [2.05, 4.69) is 0 Å². The van der Waals surface area contributed by atoms with Gasteiger partial charge in [-0.05, 0) is 42.5 Å². The number of furan rings is 1. The van der Waals surface area contributed by atoms with Gasteiger partial charge in [0.05, 0.1) is 5.69 Å². The molecule has 2 N–H and O–H groups in total. The summed E-state index contributed by atoms with van der Waals surface area (Å²) in [5.41, 5.74) is 6.92. The summed E-state index contributed by atoms with van der Waals surface area (Å²) in [5, 5.41) is 1.52. The van der Waals surface area contributed by atoms with Crippen molar-refractivity contribution in [1.82, 2.24) is 0 Å². The second-order valence-electron chi connectivity index (χ2n) is 4.03. The average molecular weight is 262 g/mol. The number of hydrogen-bond donors (Lipinski definition) is 1. The Labute approximate surface area is 108 Å². The molecule has 90 valence electrons. The standard InChI is InChI=1S/C14H9ClFNO/c15-10-2-4-13-9(5-10)7-14(18-13)8-1-3-12(17)11(16)6-8/h1-7H,17H2. The summed E-state index contributed by atoms with van der Waals surface area (Å²) in [6.45, 7) is 0. The molecule has 0 amide bonds. The first-order chi connectivity index (χ1) is 8.63. The number of anilines is 1. The molecule has 0 saturated heterocycles. The van der Waals surface area contributed by atoms with E-state index in [4.69, 9.17) is 21.8 Å². The molecule has 0 radical (unpaired) electrons. The Bertz CT molecular complexity index is 736. The number of halogens is 2. The van der Waals surface area contributed by atoms with Crippen LogP contribution in [0.5, 0.6) is 0 Å². The van der Waals surface area contributed by atoms with Gasteiger partial charge in [0, 0.05) is 16.0 Å². The van der Waals surface area contributed by atoms with Crippen molar-refractivity contribution in [2.24, 2.45) is 0 Å². The average Bonchev–Trinajstić information content (AvgIpc) is 2.75. The van der Waals surface area contributed by atoms with Gasteiger partial charge < -0.3 is 10.2 Å². The number of nitrogens with two attached hydrogens (primary N) is 1. The van der Waals surface area contributed by atoms with E-state index >= 15 is 0 Å². The van der Waals surface area contributed by atoms with Crippen molar-refractivity contribution in [2.45, 2.75) is 0 Å². The summed E-state index contributed by atoms with van der Waals surface area (Å²) >= 11 is 5.90. The van der Waals surface area contributed by atoms with Crippen molar-refractivity contribution in [3.05, 3.63) is 53.3 Å². The normalized spacial score (nSPS) is 11.0. The van der Waals surface area contributed by atoms with E-state index in [0.29, 0.717) is 21.9 Å². The van der Waals surface area contributed by atoms with Crippen LogP contribution in [0.4, 0.5) is 10.1 Å². The fourth-order valence-corrected chi connectivity index (χ4v) is 2.02. The summed E-state index contributed by atoms with van der Waals surface area (Å²) < 4.78 is 19.0. The quantitative estimate of drug-likeness (QED) is 0.656. The third-order valence-electron chi connectivity index (χ3n) is 2.76. The van der Waals surface area contributed by atoms with Gasteiger partial charge in [-0.25, -0.2) is 4.39 Å². The Morgan fingerprint density at radius 3 is 2.67 bits per heavy atom. The molecular formula is C14H9ClFNO. The van der Waals surface area contributed by atoms with E-state index in [-0.39, 0.29) is 5.69 Å². The minimum Gasteiger partial charge on any atom is -0.456 e. The highest BCUT2D eigenvalue weighted by Crippen LogP contribution is 2.30. The van der Waals surface area contributed by atoms with Crippen LogP contribution in [-0.4, -0.2) is 0 Å².